The number of nitrogens with zero attached hydrogens (tertiary/aromatic N) is 4. The molecule has 0 aliphatic heterocycles. The molecule has 0 saturated carbocycles. The third-order valence-corrected chi connectivity index (χ3v) is 4.38. The Morgan fingerprint density at radius 3 is 2.44 bits per heavy atom. The molecule has 0 aliphatic carbocycles. The summed E-state index contributed by atoms with van der Waals surface area (Å²) in [4.78, 5) is 12.1. The van der Waals surface area contributed by atoms with Gasteiger partial charge in [0.05, 0.1) is 6.54 Å². The normalized spacial score (nSPS) is 11.6. The Kier molecular flexibility index (Phi) is 5.16. The Hall–Kier alpha value is -2.52. The summed E-state index contributed by atoms with van der Waals surface area (Å²) in [6.07, 6.45) is -3.02. The Morgan fingerprint density at radius 2 is 1.85 bits per heavy atom. The second-order valence-electron chi connectivity index (χ2n) is 5.59. The predicted molar refractivity (Wildman–Crippen MR) is 94.0 cm³/mol. The standard InChI is InChI=1S/C16H12Cl2F3N5O/c1-25-13(16(19,20)21)7-12(23-25)15(27)22-14-5-6-26(24-14)8-9-10(17)3-2-4-11(9)18/h2-7H,8H2,1H3,(H,22,24,27). The first kappa shape index (κ1) is 19.2. The van der Waals surface area contributed by atoms with Gasteiger partial charge in [-0.05, 0) is 12.1 Å². The van der Waals surface area contributed by atoms with Crippen molar-refractivity contribution < 1.29 is 18.0 Å². The van der Waals surface area contributed by atoms with Crippen LogP contribution in [0.25, 0.3) is 0 Å². The van der Waals surface area contributed by atoms with Crippen LogP contribution in [0.2, 0.25) is 10.0 Å². The van der Waals surface area contributed by atoms with Gasteiger partial charge in [-0.25, -0.2) is 0 Å². The number of rotatable bonds is 4. The van der Waals surface area contributed by atoms with Crippen LogP contribution in [0.15, 0.2) is 36.5 Å². The maximum absolute atomic E-state index is 12.8. The third kappa shape index (κ3) is 4.25. The summed E-state index contributed by atoms with van der Waals surface area (Å²) in [6, 6.07) is 7.26. The Bertz CT molecular complexity index is 976. The molecule has 3 rings (SSSR count). The first-order valence-electron chi connectivity index (χ1n) is 7.54. The summed E-state index contributed by atoms with van der Waals surface area (Å²) >= 11 is 12.2. The van der Waals surface area contributed by atoms with Gasteiger partial charge in [-0.15, -0.1) is 0 Å². The van der Waals surface area contributed by atoms with Gasteiger partial charge in [0.2, 0.25) is 0 Å². The predicted octanol–water partition coefficient (Wildman–Crippen LogP) is 4.24. The number of aromatic nitrogens is 4. The zero-order valence-corrected chi connectivity index (χ0v) is 15.3. The van der Waals surface area contributed by atoms with Gasteiger partial charge >= 0.3 is 6.18 Å². The molecule has 27 heavy (non-hydrogen) atoms. The van der Waals surface area contributed by atoms with Gasteiger partial charge in [-0.3, -0.25) is 14.2 Å². The van der Waals surface area contributed by atoms with Crippen molar-refractivity contribution in [3.8, 4) is 0 Å². The highest BCUT2D eigenvalue weighted by molar-refractivity contribution is 6.35. The number of aryl methyl sites for hydroxylation is 1. The van der Waals surface area contributed by atoms with Crippen LogP contribution >= 0.6 is 23.2 Å². The van der Waals surface area contributed by atoms with Gasteiger partial charge in [0.1, 0.15) is 5.69 Å². The number of carbonyl (C=O) groups is 1. The fraction of sp³-hybridized carbons (Fsp3) is 0.188. The van der Waals surface area contributed by atoms with Gasteiger partial charge in [0.25, 0.3) is 5.91 Å². The van der Waals surface area contributed by atoms with E-state index in [1.165, 1.54) is 10.7 Å². The fourth-order valence-corrected chi connectivity index (χ4v) is 2.90. The largest absolute Gasteiger partial charge is 0.433 e. The molecule has 2 heterocycles. The number of alkyl halides is 3. The van der Waals surface area contributed by atoms with Crippen LogP contribution in [-0.2, 0) is 19.8 Å². The number of hydrogen-bond acceptors (Lipinski definition) is 3. The lowest BCUT2D eigenvalue weighted by molar-refractivity contribution is -0.143. The topological polar surface area (TPSA) is 64.7 Å². The number of carbonyl (C=O) groups excluding carboxylic acids is 1. The van der Waals surface area contributed by atoms with E-state index in [4.69, 9.17) is 23.2 Å². The lowest BCUT2D eigenvalue weighted by atomic mass is 10.2. The third-order valence-electron chi connectivity index (χ3n) is 3.67. The van der Waals surface area contributed by atoms with Crippen molar-refractivity contribution in [2.24, 2.45) is 7.05 Å². The second-order valence-corrected chi connectivity index (χ2v) is 6.40. The highest BCUT2D eigenvalue weighted by atomic mass is 35.5. The summed E-state index contributed by atoms with van der Waals surface area (Å²) in [7, 11) is 1.11. The van der Waals surface area contributed by atoms with Crippen molar-refractivity contribution in [3.63, 3.8) is 0 Å². The van der Waals surface area contributed by atoms with Crippen LogP contribution in [0, 0.1) is 0 Å². The summed E-state index contributed by atoms with van der Waals surface area (Å²) in [5.74, 6) is -0.649. The maximum atomic E-state index is 12.8. The van der Waals surface area contributed by atoms with Gasteiger partial charge in [-0.2, -0.15) is 23.4 Å². The van der Waals surface area contributed by atoms with E-state index in [9.17, 15) is 18.0 Å². The smallest absolute Gasteiger partial charge is 0.304 e. The first-order valence-corrected chi connectivity index (χ1v) is 8.29. The SMILES string of the molecule is Cn1nc(C(=O)Nc2ccn(Cc3c(Cl)cccc3Cl)n2)cc1C(F)(F)F. The molecule has 0 fully saturated rings. The van der Waals surface area contributed by atoms with Crippen LogP contribution in [0.4, 0.5) is 19.0 Å². The monoisotopic (exact) mass is 417 g/mol. The molecule has 0 saturated heterocycles. The van der Waals surface area contributed by atoms with Gasteiger partial charge < -0.3 is 5.32 Å². The Labute approximate surface area is 161 Å². The van der Waals surface area contributed by atoms with E-state index in [0.29, 0.717) is 26.4 Å². The van der Waals surface area contributed by atoms with E-state index in [2.05, 4.69) is 15.5 Å². The zero-order valence-electron chi connectivity index (χ0n) is 13.8. The van der Waals surface area contributed by atoms with Crippen LogP contribution in [0.5, 0.6) is 0 Å². The van der Waals surface area contributed by atoms with E-state index in [0.717, 1.165) is 7.05 Å². The van der Waals surface area contributed by atoms with Crippen molar-refractivity contribution in [1.29, 1.82) is 0 Å². The minimum absolute atomic E-state index is 0.155. The van der Waals surface area contributed by atoms with Crippen molar-refractivity contribution in [2.45, 2.75) is 12.7 Å². The average molecular weight is 418 g/mol. The highest BCUT2D eigenvalue weighted by Crippen LogP contribution is 2.29. The first-order chi connectivity index (χ1) is 12.6. The minimum Gasteiger partial charge on any atom is -0.304 e. The molecule has 0 spiro atoms. The molecule has 142 valence electrons. The molecule has 0 aliphatic rings. The van der Waals surface area contributed by atoms with E-state index >= 15 is 0 Å². The average Bonchev–Trinajstić information content (AvgIpc) is 3.17. The Balaban J connectivity index is 1.73. The fourth-order valence-electron chi connectivity index (χ4n) is 2.39. The van der Waals surface area contributed by atoms with Crippen LogP contribution in [0.3, 0.4) is 0 Å². The molecule has 11 heteroatoms. The highest BCUT2D eigenvalue weighted by Gasteiger charge is 2.35. The molecular weight excluding hydrogens is 406 g/mol. The van der Waals surface area contributed by atoms with Crippen LogP contribution in [0.1, 0.15) is 21.7 Å². The van der Waals surface area contributed by atoms with Crippen LogP contribution in [-0.4, -0.2) is 25.5 Å². The number of halogens is 5. The molecule has 1 aromatic carbocycles. The number of anilines is 1. The molecule has 0 atom stereocenters. The second kappa shape index (κ2) is 7.24. The molecule has 0 radical (unpaired) electrons. The molecule has 6 nitrogen and oxygen atoms in total. The number of nitrogens with one attached hydrogen (secondary N) is 1. The molecule has 0 unspecified atom stereocenters. The number of hydrogen-bond donors (Lipinski definition) is 1. The molecule has 1 N–H and O–H groups in total. The van der Waals surface area contributed by atoms with Gasteiger partial charge in [0.15, 0.2) is 11.5 Å². The minimum atomic E-state index is -4.60. The van der Waals surface area contributed by atoms with E-state index < -0.39 is 17.8 Å². The maximum Gasteiger partial charge on any atom is 0.433 e. The molecule has 2 aromatic heterocycles. The Morgan fingerprint density at radius 1 is 1.19 bits per heavy atom. The lowest BCUT2D eigenvalue weighted by Crippen LogP contribution is -2.14. The summed E-state index contributed by atoms with van der Waals surface area (Å²) in [5.41, 5.74) is -0.735. The van der Waals surface area contributed by atoms with E-state index in [1.54, 1.807) is 24.4 Å². The lowest BCUT2D eigenvalue weighted by Gasteiger charge is -2.06. The number of amides is 1. The van der Waals surface area contributed by atoms with Gasteiger partial charge in [-0.1, -0.05) is 29.3 Å². The van der Waals surface area contributed by atoms with Crippen molar-refractivity contribution in [3.05, 3.63) is 63.5 Å². The molecule has 0 bridgehead atoms. The quantitative estimate of drug-likeness (QED) is 0.690. The molecule has 1 amide bonds. The summed E-state index contributed by atoms with van der Waals surface area (Å²) in [6.45, 7) is 0.260. The van der Waals surface area contributed by atoms with E-state index in [-0.39, 0.29) is 18.1 Å². The van der Waals surface area contributed by atoms with Gasteiger partial charge in [0, 0.05) is 41.0 Å². The van der Waals surface area contributed by atoms with Crippen molar-refractivity contribution in [1.82, 2.24) is 19.6 Å². The van der Waals surface area contributed by atoms with Crippen LogP contribution < -0.4 is 5.32 Å². The summed E-state index contributed by atoms with van der Waals surface area (Å²) in [5, 5.41) is 11.1. The molecule has 3 aromatic rings. The number of benzene rings is 1. The zero-order chi connectivity index (χ0) is 19.8. The van der Waals surface area contributed by atoms with E-state index in [1.807, 2.05) is 0 Å². The van der Waals surface area contributed by atoms with Crippen molar-refractivity contribution in [2.75, 3.05) is 5.32 Å². The van der Waals surface area contributed by atoms with Crippen molar-refractivity contribution >= 4 is 34.9 Å². The summed E-state index contributed by atoms with van der Waals surface area (Å²) < 4.78 is 40.5. The molecular formula is C16H12Cl2F3N5O.